The van der Waals surface area contributed by atoms with E-state index < -0.39 is 26.6 Å². The number of phosphoric ester groups is 1. The number of aliphatic hydroxyl groups is 1. The van der Waals surface area contributed by atoms with Crippen molar-refractivity contribution in [1.82, 2.24) is 5.32 Å². The second-order valence-corrected chi connectivity index (χ2v) is 22.7. The van der Waals surface area contributed by atoms with Gasteiger partial charge in [0.2, 0.25) is 5.91 Å². The molecule has 0 saturated carbocycles. The number of carbonyl (C=O) groups excluding carboxylic acids is 1. The van der Waals surface area contributed by atoms with Gasteiger partial charge in [-0.2, -0.15) is 0 Å². The Hall–Kier alpha value is -2.58. The molecule has 0 aliphatic rings. The SMILES string of the molecule is CC/C=C\C/C=C\C/C=C\C/C=C\C/C=C\CCCCCCCCCCCCCC(=O)NC(COP(=O)([O-])OCC[N+](C)(C)C)C(O)/C=C/CC/C=C/CC/C=C/CCCCCCCCCCCCCCCC. The molecular weight excluding hydrogens is 924 g/mol. The van der Waals surface area contributed by atoms with Gasteiger partial charge in [0.25, 0.3) is 7.82 Å². The number of phosphoric acid groups is 1. The summed E-state index contributed by atoms with van der Waals surface area (Å²) in [4.78, 5) is 25.5. The molecule has 0 aliphatic carbocycles. The molecule has 0 bridgehead atoms. The third kappa shape index (κ3) is 57.0. The number of allylic oxidation sites excluding steroid dienone is 15. The van der Waals surface area contributed by atoms with Gasteiger partial charge in [-0.1, -0.05) is 252 Å². The Morgan fingerprint density at radius 3 is 1.27 bits per heavy atom. The van der Waals surface area contributed by atoms with Gasteiger partial charge in [-0.25, -0.2) is 0 Å². The number of likely N-dealkylation sites (N-methyl/N-ethyl adjacent to an activating group) is 1. The lowest BCUT2D eigenvalue weighted by atomic mass is 10.0. The van der Waals surface area contributed by atoms with Crippen LogP contribution < -0.4 is 10.2 Å². The molecule has 0 aromatic heterocycles. The van der Waals surface area contributed by atoms with Crippen molar-refractivity contribution in [1.29, 1.82) is 0 Å². The van der Waals surface area contributed by atoms with Crippen molar-refractivity contribution in [2.24, 2.45) is 0 Å². The van der Waals surface area contributed by atoms with Gasteiger partial charge in [0.05, 0.1) is 39.9 Å². The van der Waals surface area contributed by atoms with Crippen LogP contribution in [0.1, 0.15) is 251 Å². The zero-order chi connectivity index (χ0) is 53.5. The zero-order valence-corrected chi connectivity index (χ0v) is 49.0. The quantitative estimate of drug-likeness (QED) is 0.0272. The first kappa shape index (κ1) is 70.4. The Labute approximate surface area is 451 Å². The summed E-state index contributed by atoms with van der Waals surface area (Å²) in [7, 11) is 1.22. The van der Waals surface area contributed by atoms with E-state index >= 15 is 0 Å². The van der Waals surface area contributed by atoms with Crippen LogP contribution in [0, 0.1) is 0 Å². The van der Waals surface area contributed by atoms with E-state index in [1.807, 2.05) is 27.2 Å². The number of aliphatic hydroxyl groups excluding tert-OH is 1. The largest absolute Gasteiger partial charge is 0.756 e. The van der Waals surface area contributed by atoms with Gasteiger partial charge < -0.3 is 28.8 Å². The second-order valence-electron chi connectivity index (χ2n) is 21.3. The Bertz CT molecular complexity index is 1510. The maximum absolute atomic E-state index is 13.0. The van der Waals surface area contributed by atoms with E-state index in [2.05, 4.69) is 104 Å². The predicted molar refractivity (Wildman–Crippen MR) is 316 cm³/mol. The molecule has 9 heteroatoms. The molecule has 0 fully saturated rings. The number of rotatable bonds is 54. The van der Waals surface area contributed by atoms with E-state index in [9.17, 15) is 19.4 Å². The van der Waals surface area contributed by atoms with Crippen molar-refractivity contribution in [3.63, 3.8) is 0 Å². The molecule has 0 radical (unpaired) electrons. The van der Waals surface area contributed by atoms with Crippen LogP contribution in [0.4, 0.5) is 0 Å². The Morgan fingerprint density at radius 1 is 0.493 bits per heavy atom. The van der Waals surface area contributed by atoms with E-state index in [0.717, 1.165) is 77.0 Å². The molecule has 0 rings (SSSR count). The summed E-state index contributed by atoms with van der Waals surface area (Å²) in [6, 6.07) is -0.919. The summed E-state index contributed by atoms with van der Waals surface area (Å²) < 4.78 is 23.4. The third-order valence-corrected chi connectivity index (χ3v) is 14.0. The lowest BCUT2D eigenvalue weighted by Gasteiger charge is -2.29. The number of carbonyl (C=O) groups is 1. The number of hydrogen-bond acceptors (Lipinski definition) is 6. The van der Waals surface area contributed by atoms with Gasteiger partial charge in [-0.05, 0) is 89.9 Å². The minimum atomic E-state index is -4.62. The van der Waals surface area contributed by atoms with Gasteiger partial charge in [0.15, 0.2) is 0 Å². The standard InChI is InChI=1S/C64H115N2O6P/c1-6-8-10-12-14-16-18-20-22-24-26-28-30-32-33-34-36-38-40-42-44-46-48-50-52-54-56-58-64(68)65-62(61-72-73(69,70)71-60-59-66(3,4)5)63(67)57-55-53-51-49-47-45-43-41-39-37-35-31-29-27-25-23-21-19-17-15-13-11-9-7-2/h8,10,14,16,20,22,26,28,32-33,39,41,47,49,55,57,62-63,67H,6-7,9,11-13,15,17-19,21,23-25,27,29-31,34-38,40,42-46,48,50-54,56,58-61H2,1-5H3,(H-,65,68,69,70)/b10-8-,16-14-,22-20-,28-26-,33-32-,41-39+,49-47+,57-55+. The van der Waals surface area contributed by atoms with E-state index in [1.165, 1.54) is 154 Å². The summed E-state index contributed by atoms with van der Waals surface area (Å²) in [5, 5.41) is 13.9. The molecule has 0 aromatic carbocycles. The number of nitrogens with zero attached hydrogens (tertiary/aromatic N) is 1. The molecule has 73 heavy (non-hydrogen) atoms. The number of nitrogens with one attached hydrogen (secondary N) is 1. The average molecular weight is 1040 g/mol. The molecule has 0 heterocycles. The van der Waals surface area contributed by atoms with Crippen LogP contribution >= 0.6 is 7.82 Å². The Balaban J connectivity index is 4.28. The highest BCUT2D eigenvalue weighted by Crippen LogP contribution is 2.38. The topological polar surface area (TPSA) is 108 Å². The minimum Gasteiger partial charge on any atom is -0.756 e. The van der Waals surface area contributed by atoms with Crippen LogP contribution in [-0.4, -0.2) is 68.5 Å². The van der Waals surface area contributed by atoms with Crippen LogP contribution in [0.15, 0.2) is 97.2 Å². The number of amides is 1. The molecule has 2 N–H and O–H groups in total. The average Bonchev–Trinajstić information content (AvgIpc) is 3.35. The second kappa shape index (κ2) is 54.2. The van der Waals surface area contributed by atoms with Gasteiger partial charge >= 0.3 is 0 Å². The molecule has 3 atom stereocenters. The van der Waals surface area contributed by atoms with E-state index in [0.29, 0.717) is 17.4 Å². The predicted octanol–water partition coefficient (Wildman–Crippen LogP) is 18.0. The Kier molecular flexibility index (Phi) is 52.3. The summed E-state index contributed by atoms with van der Waals surface area (Å²) in [5.41, 5.74) is 0. The monoisotopic (exact) mass is 1040 g/mol. The maximum atomic E-state index is 13.0. The van der Waals surface area contributed by atoms with Crippen LogP contribution in [0.5, 0.6) is 0 Å². The number of unbranched alkanes of at least 4 members (excludes halogenated alkanes) is 27. The van der Waals surface area contributed by atoms with Crippen molar-refractivity contribution < 1.29 is 32.9 Å². The number of quaternary nitrogens is 1. The molecule has 1 amide bonds. The summed E-state index contributed by atoms with van der Waals surface area (Å²) in [5.74, 6) is -0.217. The lowest BCUT2D eigenvalue weighted by molar-refractivity contribution is -0.870. The van der Waals surface area contributed by atoms with Gasteiger partial charge in [0.1, 0.15) is 13.2 Å². The fourth-order valence-corrected chi connectivity index (χ4v) is 9.05. The van der Waals surface area contributed by atoms with Crippen molar-refractivity contribution >= 4 is 13.7 Å². The fourth-order valence-electron chi connectivity index (χ4n) is 8.33. The van der Waals surface area contributed by atoms with Gasteiger partial charge in [-0.15, -0.1) is 0 Å². The van der Waals surface area contributed by atoms with Crippen LogP contribution in [0.3, 0.4) is 0 Å². The van der Waals surface area contributed by atoms with Crippen molar-refractivity contribution in [3.05, 3.63) is 97.2 Å². The van der Waals surface area contributed by atoms with E-state index in [4.69, 9.17) is 9.05 Å². The zero-order valence-electron chi connectivity index (χ0n) is 48.1. The highest BCUT2D eigenvalue weighted by Gasteiger charge is 2.23. The first-order valence-corrected chi connectivity index (χ1v) is 31.6. The van der Waals surface area contributed by atoms with Crippen LogP contribution in [-0.2, 0) is 18.4 Å². The first-order chi connectivity index (χ1) is 35.5. The summed E-state index contributed by atoms with van der Waals surface area (Å²) >= 11 is 0. The summed E-state index contributed by atoms with van der Waals surface area (Å²) in [6.45, 7) is 4.51. The van der Waals surface area contributed by atoms with Gasteiger partial charge in [0, 0.05) is 6.42 Å². The minimum absolute atomic E-state index is 0.0138. The van der Waals surface area contributed by atoms with Crippen molar-refractivity contribution in [3.8, 4) is 0 Å². The highest BCUT2D eigenvalue weighted by molar-refractivity contribution is 7.45. The highest BCUT2D eigenvalue weighted by atomic mass is 31.2. The van der Waals surface area contributed by atoms with Crippen LogP contribution in [0.2, 0.25) is 0 Å². The van der Waals surface area contributed by atoms with E-state index in [1.54, 1.807) is 6.08 Å². The molecule has 422 valence electrons. The third-order valence-electron chi connectivity index (χ3n) is 13.0. The molecule has 8 nitrogen and oxygen atoms in total. The Morgan fingerprint density at radius 2 is 0.849 bits per heavy atom. The maximum Gasteiger partial charge on any atom is 0.268 e. The van der Waals surface area contributed by atoms with Crippen molar-refractivity contribution in [2.45, 2.75) is 264 Å². The molecule has 0 aliphatic heterocycles. The lowest BCUT2D eigenvalue weighted by Crippen LogP contribution is -2.45. The summed E-state index contributed by atoms with van der Waals surface area (Å²) in [6.07, 6.45) is 77.8. The molecule has 3 unspecified atom stereocenters. The molecule has 0 saturated heterocycles. The molecule has 0 aromatic rings. The fraction of sp³-hybridized carbons (Fsp3) is 0.734. The molecule has 0 spiro atoms. The van der Waals surface area contributed by atoms with Crippen LogP contribution in [0.25, 0.3) is 0 Å². The number of hydrogen-bond donors (Lipinski definition) is 2. The van der Waals surface area contributed by atoms with Gasteiger partial charge in [-0.3, -0.25) is 9.36 Å². The smallest absolute Gasteiger partial charge is 0.268 e. The normalized spacial score (nSPS) is 14.6. The first-order valence-electron chi connectivity index (χ1n) is 30.1. The van der Waals surface area contributed by atoms with E-state index in [-0.39, 0.29) is 12.5 Å². The molecular formula is C64H115N2O6P. The van der Waals surface area contributed by atoms with Crippen molar-refractivity contribution in [2.75, 3.05) is 40.9 Å².